The van der Waals surface area contributed by atoms with E-state index in [4.69, 9.17) is 15.0 Å². The van der Waals surface area contributed by atoms with Gasteiger partial charge >= 0.3 is 0 Å². The van der Waals surface area contributed by atoms with Crippen LogP contribution in [-0.2, 0) is 0 Å². The first-order chi connectivity index (χ1) is 17.2. The summed E-state index contributed by atoms with van der Waals surface area (Å²) < 4.78 is 6.09. The Hall–Kier alpha value is -2.96. The van der Waals surface area contributed by atoms with E-state index in [1.54, 1.807) is 12.4 Å². The molecule has 2 aromatic heterocycles. The van der Waals surface area contributed by atoms with E-state index in [2.05, 4.69) is 70.3 Å². The van der Waals surface area contributed by atoms with Gasteiger partial charge in [-0.25, -0.2) is 9.97 Å². The Morgan fingerprint density at radius 3 is 2.14 bits per heavy atom. The number of rotatable bonds is 7. The zero-order chi connectivity index (χ0) is 25.8. The Bertz CT molecular complexity index is 1030. The summed E-state index contributed by atoms with van der Waals surface area (Å²) in [5.41, 5.74) is 0.804. The van der Waals surface area contributed by atoms with Crippen LogP contribution in [0.1, 0.15) is 46.6 Å². The minimum atomic E-state index is 0.0172. The summed E-state index contributed by atoms with van der Waals surface area (Å²) in [6.45, 7) is 19.6. The van der Waals surface area contributed by atoms with Crippen LogP contribution in [0.3, 0.4) is 0 Å². The molecule has 2 fully saturated rings. The molecule has 9 nitrogen and oxygen atoms in total. The van der Waals surface area contributed by atoms with E-state index in [1.807, 2.05) is 18.2 Å². The maximum atomic E-state index is 8.98. The Kier molecular flexibility index (Phi) is 7.96. The highest BCUT2D eigenvalue weighted by Gasteiger charge is 2.30. The lowest BCUT2D eigenvalue weighted by Gasteiger charge is -2.44. The third-order valence-corrected chi connectivity index (χ3v) is 7.43. The Morgan fingerprint density at radius 1 is 0.861 bits per heavy atom. The van der Waals surface area contributed by atoms with Gasteiger partial charge in [-0.15, -0.1) is 0 Å². The second-order valence-corrected chi connectivity index (χ2v) is 11.2. The summed E-state index contributed by atoms with van der Waals surface area (Å²) in [6, 6.07) is 7.75. The number of ether oxygens (including phenoxy) is 1. The van der Waals surface area contributed by atoms with Crippen LogP contribution in [0.4, 0.5) is 11.8 Å². The van der Waals surface area contributed by atoms with Gasteiger partial charge < -0.3 is 14.5 Å². The number of piperazine rings is 2. The lowest BCUT2D eigenvalue weighted by molar-refractivity contribution is 0.0867. The topological polar surface area (TPSA) is 84.7 Å². The third kappa shape index (κ3) is 6.42. The van der Waals surface area contributed by atoms with Crippen molar-refractivity contribution >= 4 is 11.8 Å². The second kappa shape index (κ2) is 11.0. The van der Waals surface area contributed by atoms with Crippen LogP contribution < -0.4 is 14.5 Å². The lowest BCUT2D eigenvalue weighted by atomic mass is 9.97. The number of hydrogen-bond donors (Lipinski definition) is 0. The molecule has 2 saturated heterocycles. The first-order valence-electron chi connectivity index (χ1n) is 13.0. The Balaban J connectivity index is 1.24. The summed E-state index contributed by atoms with van der Waals surface area (Å²) in [5, 5.41) is 8.98. The molecule has 0 N–H and O–H groups in total. The standard InChI is InChI=1S/C27H40N8O/c1-26(2,3)34-15-13-33(14-16-34)25-29-10-8-24(31-25)36-19-9-27(4,5)35-17-11-32(12-18-35)23-7-6-22(20-28)21-30-23/h6-8,10,21H,9,11-19H2,1-5H3. The summed E-state index contributed by atoms with van der Waals surface area (Å²) in [7, 11) is 0. The molecule has 4 heterocycles. The lowest BCUT2D eigenvalue weighted by Crippen LogP contribution is -2.55. The molecule has 0 unspecified atom stereocenters. The molecule has 0 aliphatic carbocycles. The number of anilines is 2. The Morgan fingerprint density at radius 2 is 1.53 bits per heavy atom. The van der Waals surface area contributed by atoms with E-state index in [0.29, 0.717) is 18.1 Å². The van der Waals surface area contributed by atoms with Gasteiger partial charge in [-0.1, -0.05) is 0 Å². The molecule has 0 bridgehead atoms. The monoisotopic (exact) mass is 492 g/mol. The van der Waals surface area contributed by atoms with Gasteiger partial charge in [-0.2, -0.15) is 10.2 Å². The molecule has 0 saturated carbocycles. The summed E-state index contributed by atoms with van der Waals surface area (Å²) in [5.74, 6) is 2.34. The predicted octanol–water partition coefficient (Wildman–Crippen LogP) is 3.03. The van der Waals surface area contributed by atoms with Crippen molar-refractivity contribution in [1.82, 2.24) is 24.8 Å². The highest BCUT2D eigenvalue weighted by molar-refractivity contribution is 5.42. The highest BCUT2D eigenvalue weighted by Crippen LogP contribution is 2.24. The van der Waals surface area contributed by atoms with Gasteiger partial charge in [0.25, 0.3) is 0 Å². The molecule has 9 heteroatoms. The molecule has 0 amide bonds. The second-order valence-electron chi connectivity index (χ2n) is 11.2. The molecule has 36 heavy (non-hydrogen) atoms. The van der Waals surface area contributed by atoms with Crippen molar-refractivity contribution < 1.29 is 4.74 Å². The molecule has 2 aromatic rings. The van der Waals surface area contributed by atoms with Gasteiger partial charge in [0.1, 0.15) is 11.9 Å². The van der Waals surface area contributed by atoms with Crippen molar-refractivity contribution in [3.8, 4) is 11.9 Å². The number of aromatic nitrogens is 3. The summed E-state index contributed by atoms with van der Waals surface area (Å²) in [4.78, 5) is 23.2. The first kappa shape index (κ1) is 26.1. The van der Waals surface area contributed by atoms with E-state index in [-0.39, 0.29) is 11.1 Å². The van der Waals surface area contributed by atoms with Crippen molar-refractivity contribution in [2.45, 2.75) is 52.1 Å². The minimum Gasteiger partial charge on any atom is -0.477 e. The van der Waals surface area contributed by atoms with Crippen molar-refractivity contribution in [1.29, 1.82) is 5.26 Å². The molecule has 0 aromatic carbocycles. The molecule has 2 aliphatic rings. The quantitative estimate of drug-likeness (QED) is 0.579. The van der Waals surface area contributed by atoms with Crippen LogP contribution in [0.2, 0.25) is 0 Å². The highest BCUT2D eigenvalue weighted by atomic mass is 16.5. The zero-order valence-corrected chi connectivity index (χ0v) is 22.4. The average molecular weight is 493 g/mol. The minimum absolute atomic E-state index is 0.0172. The molecule has 0 spiro atoms. The third-order valence-electron chi connectivity index (χ3n) is 7.43. The number of nitriles is 1. The van der Waals surface area contributed by atoms with Crippen molar-refractivity contribution in [3.63, 3.8) is 0 Å². The fourth-order valence-electron chi connectivity index (χ4n) is 4.89. The molecule has 4 rings (SSSR count). The Labute approximate surface area is 215 Å². The number of hydrogen-bond acceptors (Lipinski definition) is 9. The predicted molar refractivity (Wildman–Crippen MR) is 142 cm³/mol. The fourth-order valence-corrected chi connectivity index (χ4v) is 4.89. The molecule has 0 atom stereocenters. The molecule has 2 aliphatic heterocycles. The van der Waals surface area contributed by atoms with Crippen molar-refractivity contribution in [2.24, 2.45) is 0 Å². The number of nitrogens with zero attached hydrogens (tertiary/aromatic N) is 8. The maximum Gasteiger partial charge on any atom is 0.228 e. The van der Waals surface area contributed by atoms with Gasteiger partial charge in [-0.3, -0.25) is 9.80 Å². The summed E-state index contributed by atoms with van der Waals surface area (Å²) in [6.07, 6.45) is 4.36. The SMILES string of the molecule is CC(C)(C)N1CCN(c2nccc(OCCC(C)(C)N3CCN(c4ccc(C#N)cn4)CC3)n2)CC1. The van der Waals surface area contributed by atoms with Crippen LogP contribution in [0.5, 0.6) is 5.88 Å². The van der Waals surface area contributed by atoms with Crippen LogP contribution in [0.25, 0.3) is 0 Å². The average Bonchev–Trinajstić information content (AvgIpc) is 2.88. The van der Waals surface area contributed by atoms with Crippen LogP contribution in [-0.4, -0.2) is 94.8 Å². The number of pyridine rings is 1. The molecular formula is C27H40N8O. The van der Waals surface area contributed by atoms with Gasteiger partial charge in [0.05, 0.1) is 12.2 Å². The van der Waals surface area contributed by atoms with E-state index >= 15 is 0 Å². The van der Waals surface area contributed by atoms with E-state index < -0.39 is 0 Å². The first-order valence-corrected chi connectivity index (χ1v) is 13.0. The van der Waals surface area contributed by atoms with Crippen molar-refractivity contribution in [3.05, 3.63) is 36.2 Å². The summed E-state index contributed by atoms with van der Waals surface area (Å²) >= 11 is 0. The van der Waals surface area contributed by atoms with E-state index in [0.717, 1.165) is 70.5 Å². The molecular weight excluding hydrogens is 452 g/mol. The van der Waals surface area contributed by atoms with Crippen LogP contribution >= 0.6 is 0 Å². The van der Waals surface area contributed by atoms with E-state index in [1.165, 1.54) is 0 Å². The van der Waals surface area contributed by atoms with Crippen molar-refractivity contribution in [2.75, 3.05) is 68.8 Å². The largest absolute Gasteiger partial charge is 0.477 e. The molecule has 194 valence electrons. The van der Waals surface area contributed by atoms with E-state index in [9.17, 15) is 0 Å². The smallest absolute Gasteiger partial charge is 0.228 e. The van der Waals surface area contributed by atoms with Gasteiger partial charge in [0.15, 0.2) is 0 Å². The van der Waals surface area contributed by atoms with Crippen LogP contribution in [0.15, 0.2) is 30.6 Å². The van der Waals surface area contributed by atoms with Crippen LogP contribution in [0, 0.1) is 11.3 Å². The normalized spacial score (nSPS) is 18.2. The molecule has 0 radical (unpaired) electrons. The fraction of sp³-hybridized carbons (Fsp3) is 0.630. The van der Waals surface area contributed by atoms with Gasteiger partial charge in [0.2, 0.25) is 11.8 Å². The van der Waals surface area contributed by atoms with Gasteiger partial charge in [-0.05, 0) is 53.2 Å². The van der Waals surface area contributed by atoms with Gasteiger partial charge in [0, 0.05) is 81.9 Å². The zero-order valence-electron chi connectivity index (χ0n) is 22.4. The maximum absolute atomic E-state index is 8.98.